The van der Waals surface area contributed by atoms with E-state index in [9.17, 15) is 4.79 Å². The lowest BCUT2D eigenvalue weighted by atomic mass is 10.2. The number of nitrogens with zero attached hydrogens (tertiary/aromatic N) is 4. The molecule has 0 N–H and O–H groups in total. The Morgan fingerprint density at radius 2 is 1.69 bits per heavy atom. The second kappa shape index (κ2) is 8.39. The fourth-order valence-electron chi connectivity index (χ4n) is 3.57. The lowest BCUT2D eigenvalue weighted by molar-refractivity contribution is -0.138. The molecule has 2 aromatic carbocycles. The van der Waals surface area contributed by atoms with Crippen molar-refractivity contribution in [2.24, 2.45) is 0 Å². The van der Waals surface area contributed by atoms with Crippen LogP contribution in [-0.2, 0) is 4.79 Å². The molecule has 6 nitrogen and oxygen atoms in total. The highest BCUT2D eigenvalue weighted by Crippen LogP contribution is 2.21. The van der Waals surface area contributed by atoms with Gasteiger partial charge in [-0.15, -0.1) is 0 Å². The average molecular weight is 390 g/mol. The van der Waals surface area contributed by atoms with Gasteiger partial charge in [0.15, 0.2) is 6.10 Å². The van der Waals surface area contributed by atoms with Gasteiger partial charge < -0.3 is 14.5 Å². The Bertz CT molecular complexity index is 945. The summed E-state index contributed by atoms with van der Waals surface area (Å²) in [6.45, 7) is 6.69. The van der Waals surface area contributed by atoms with Crippen molar-refractivity contribution in [1.29, 1.82) is 0 Å². The Balaban J connectivity index is 1.38. The second-order valence-electron chi connectivity index (χ2n) is 7.32. The van der Waals surface area contributed by atoms with Crippen LogP contribution in [0.2, 0.25) is 0 Å². The van der Waals surface area contributed by atoms with Gasteiger partial charge in [0.2, 0.25) is 5.95 Å². The molecule has 6 heteroatoms. The zero-order valence-corrected chi connectivity index (χ0v) is 16.9. The van der Waals surface area contributed by atoms with Gasteiger partial charge in [0.25, 0.3) is 5.91 Å². The Morgan fingerprint density at radius 3 is 2.38 bits per heavy atom. The number of para-hydroxylation sites is 1. The monoisotopic (exact) mass is 390 g/mol. The number of carbonyl (C=O) groups is 1. The van der Waals surface area contributed by atoms with E-state index in [4.69, 9.17) is 4.74 Å². The topological polar surface area (TPSA) is 50.6 Å². The Hall–Kier alpha value is -3.28. The maximum atomic E-state index is 12.8. The number of anilines is 1. The van der Waals surface area contributed by atoms with Gasteiger partial charge in [0.1, 0.15) is 5.75 Å². The van der Waals surface area contributed by atoms with Crippen LogP contribution in [0.5, 0.6) is 5.75 Å². The normalized spacial score (nSPS) is 15.2. The van der Waals surface area contributed by atoms with Gasteiger partial charge in [-0.25, -0.2) is 4.98 Å². The molecule has 0 spiro atoms. The molecule has 150 valence electrons. The molecule has 1 saturated heterocycles. The summed E-state index contributed by atoms with van der Waals surface area (Å²) >= 11 is 0. The first-order valence-electron chi connectivity index (χ1n) is 9.97. The molecule has 1 aromatic heterocycles. The van der Waals surface area contributed by atoms with E-state index in [0.717, 1.165) is 24.7 Å². The molecule has 1 atom stereocenters. The summed E-state index contributed by atoms with van der Waals surface area (Å²) in [4.78, 5) is 21.4. The van der Waals surface area contributed by atoms with Crippen molar-refractivity contribution in [3.8, 4) is 11.4 Å². The molecule has 1 fully saturated rings. The molecule has 0 aliphatic carbocycles. The number of hydrogen-bond acceptors (Lipinski definition) is 4. The number of amides is 1. The Kier molecular flexibility index (Phi) is 5.51. The zero-order valence-electron chi connectivity index (χ0n) is 16.9. The molecule has 1 unspecified atom stereocenters. The smallest absolute Gasteiger partial charge is 0.263 e. The van der Waals surface area contributed by atoms with E-state index >= 15 is 0 Å². The van der Waals surface area contributed by atoms with Gasteiger partial charge in [-0.05, 0) is 38.1 Å². The molecule has 0 saturated carbocycles. The molecule has 1 aliphatic rings. The van der Waals surface area contributed by atoms with Crippen molar-refractivity contribution in [2.45, 2.75) is 20.0 Å². The summed E-state index contributed by atoms with van der Waals surface area (Å²) in [6, 6.07) is 17.9. The number of ether oxygens (including phenoxy) is 1. The highest BCUT2D eigenvalue weighted by Gasteiger charge is 2.27. The van der Waals surface area contributed by atoms with Crippen LogP contribution in [-0.4, -0.2) is 52.6 Å². The van der Waals surface area contributed by atoms with Gasteiger partial charge in [-0.3, -0.25) is 9.36 Å². The van der Waals surface area contributed by atoms with Crippen LogP contribution in [0.4, 0.5) is 5.95 Å². The lowest BCUT2D eigenvalue weighted by Gasteiger charge is -2.36. The first kappa shape index (κ1) is 19.1. The third-order valence-electron chi connectivity index (χ3n) is 5.21. The maximum absolute atomic E-state index is 12.8. The molecule has 2 heterocycles. The van der Waals surface area contributed by atoms with E-state index in [1.165, 1.54) is 5.56 Å². The third-order valence-corrected chi connectivity index (χ3v) is 5.21. The Morgan fingerprint density at radius 1 is 1.00 bits per heavy atom. The lowest BCUT2D eigenvalue weighted by Crippen LogP contribution is -2.52. The van der Waals surface area contributed by atoms with E-state index in [2.05, 4.69) is 45.6 Å². The highest BCUT2D eigenvalue weighted by atomic mass is 16.5. The second-order valence-corrected chi connectivity index (χ2v) is 7.32. The predicted octanol–water partition coefficient (Wildman–Crippen LogP) is 3.30. The first-order chi connectivity index (χ1) is 14.1. The summed E-state index contributed by atoms with van der Waals surface area (Å²) in [6.07, 6.45) is 3.30. The van der Waals surface area contributed by atoms with Crippen molar-refractivity contribution in [1.82, 2.24) is 14.5 Å². The van der Waals surface area contributed by atoms with Crippen LogP contribution in [0, 0.1) is 6.92 Å². The van der Waals surface area contributed by atoms with Crippen molar-refractivity contribution in [3.05, 3.63) is 72.6 Å². The van der Waals surface area contributed by atoms with Crippen LogP contribution < -0.4 is 9.64 Å². The van der Waals surface area contributed by atoms with Gasteiger partial charge in [0, 0.05) is 44.3 Å². The molecule has 1 aliphatic heterocycles. The summed E-state index contributed by atoms with van der Waals surface area (Å²) < 4.78 is 7.89. The summed E-state index contributed by atoms with van der Waals surface area (Å²) in [5.74, 6) is 1.65. The SMILES string of the molecule is Cc1ccc(-n2ccnc2N2CCN(C(=O)C(C)Oc3ccccc3)CC2)cc1. The van der Waals surface area contributed by atoms with Gasteiger partial charge >= 0.3 is 0 Å². The minimum atomic E-state index is -0.501. The molecule has 4 rings (SSSR count). The van der Waals surface area contributed by atoms with Crippen LogP contribution in [0.15, 0.2) is 67.0 Å². The van der Waals surface area contributed by atoms with Crippen molar-refractivity contribution in [3.63, 3.8) is 0 Å². The van der Waals surface area contributed by atoms with E-state index in [-0.39, 0.29) is 5.91 Å². The molecule has 3 aromatic rings. The number of aryl methyl sites for hydroxylation is 1. The first-order valence-corrected chi connectivity index (χ1v) is 9.97. The molecule has 29 heavy (non-hydrogen) atoms. The number of carbonyl (C=O) groups excluding carboxylic acids is 1. The molecule has 1 amide bonds. The van der Waals surface area contributed by atoms with E-state index < -0.39 is 6.10 Å². The fourth-order valence-corrected chi connectivity index (χ4v) is 3.57. The van der Waals surface area contributed by atoms with E-state index in [1.807, 2.05) is 54.5 Å². The zero-order chi connectivity index (χ0) is 20.2. The summed E-state index contributed by atoms with van der Waals surface area (Å²) in [5.41, 5.74) is 2.32. The predicted molar refractivity (Wildman–Crippen MR) is 114 cm³/mol. The van der Waals surface area contributed by atoms with Crippen LogP contribution >= 0.6 is 0 Å². The van der Waals surface area contributed by atoms with E-state index in [0.29, 0.717) is 18.8 Å². The number of piperazine rings is 1. The quantitative estimate of drug-likeness (QED) is 0.671. The van der Waals surface area contributed by atoms with Gasteiger partial charge in [-0.1, -0.05) is 35.9 Å². The van der Waals surface area contributed by atoms with Crippen LogP contribution in [0.1, 0.15) is 12.5 Å². The van der Waals surface area contributed by atoms with Gasteiger partial charge in [-0.2, -0.15) is 0 Å². The Labute approximate surface area is 171 Å². The number of hydrogen-bond donors (Lipinski definition) is 0. The summed E-state index contributed by atoms with van der Waals surface area (Å²) in [5, 5.41) is 0. The highest BCUT2D eigenvalue weighted by molar-refractivity contribution is 5.81. The standard InChI is InChI=1S/C23H26N4O2/c1-18-8-10-20(11-9-18)27-13-12-24-23(27)26-16-14-25(15-17-26)22(28)19(2)29-21-6-4-3-5-7-21/h3-13,19H,14-17H2,1-2H3. The minimum absolute atomic E-state index is 0.0235. The molecular formula is C23H26N4O2. The third kappa shape index (κ3) is 4.26. The van der Waals surface area contributed by atoms with E-state index in [1.54, 1.807) is 0 Å². The van der Waals surface area contributed by atoms with Crippen molar-refractivity contribution in [2.75, 3.05) is 31.1 Å². The van der Waals surface area contributed by atoms with Crippen molar-refractivity contribution < 1.29 is 9.53 Å². The largest absolute Gasteiger partial charge is 0.481 e. The van der Waals surface area contributed by atoms with Crippen LogP contribution in [0.25, 0.3) is 5.69 Å². The molecule has 0 bridgehead atoms. The maximum Gasteiger partial charge on any atom is 0.263 e. The minimum Gasteiger partial charge on any atom is -0.481 e. The molecule has 0 radical (unpaired) electrons. The average Bonchev–Trinajstić information content (AvgIpc) is 3.24. The van der Waals surface area contributed by atoms with Gasteiger partial charge in [0.05, 0.1) is 0 Å². The molecular weight excluding hydrogens is 364 g/mol. The number of rotatable bonds is 5. The van der Waals surface area contributed by atoms with Crippen LogP contribution in [0.3, 0.4) is 0 Å². The number of aromatic nitrogens is 2. The fraction of sp³-hybridized carbons (Fsp3) is 0.304. The summed E-state index contributed by atoms with van der Waals surface area (Å²) in [7, 11) is 0. The number of benzene rings is 2. The van der Waals surface area contributed by atoms with Crippen molar-refractivity contribution >= 4 is 11.9 Å². The number of imidazole rings is 1.